The quantitative estimate of drug-likeness (QED) is 0.819. The molecule has 1 heterocycles. The normalized spacial score (nSPS) is 21.0. The average molecular weight is 251 g/mol. The fourth-order valence-corrected chi connectivity index (χ4v) is 3.21. The van der Waals surface area contributed by atoms with Crippen LogP contribution in [0.15, 0.2) is 30.3 Å². The summed E-state index contributed by atoms with van der Waals surface area (Å²) < 4.78 is 0.582. The Morgan fingerprint density at radius 2 is 1.94 bits per heavy atom. The predicted octanol–water partition coefficient (Wildman–Crippen LogP) is 2.48. The van der Waals surface area contributed by atoms with E-state index in [2.05, 4.69) is 31.3 Å². The molecule has 2 rings (SSSR count). The molecule has 0 aromatic heterocycles. The van der Waals surface area contributed by atoms with Crippen molar-refractivity contribution < 1.29 is 4.79 Å². The third-order valence-corrected chi connectivity index (χ3v) is 4.61. The number of thiocarbonyl (C=S) groups is 1. The first-order valence-electron chi connectivity index (χ1n) is 5.09. The molecule has 1 aliphatic rings. The number of carbonyl (C=O) groups is 1. The number of amides is 1. The van der Waals surface area contributed by atoms with Crippen molar-refractivity contribution in [3.63, 3.8) is 0 Å². The van der Waals surface area contributed by atoms with Crippen molar-refractivity contribution >= 4 is 34.2 Å². The van der Waals surface area contributed by atoms with Crippen LogP contribution in [0.3, 0.4) is 0 Å². The van der Waals surface area contributed by atoms with E-state index >= 15 is 0 Å². The highest BCUT2D eigenvalue weighted by molar-refractivity contribution is 8.24. The monoisotopic (exact) mass is 251 g/mol. The van der Waals surface area contributed by atoms with E-state index in [1.54, 1.807) is 0 Å². The lowest BCUT2D eigenvalue weighted by atomic mass is 9.81. The van der Waals surface area contributed by atoms with Gasteiger partial charge in [0.1, 0.15) is 4.32 Å². The van der Waals surface area contributed by atoms with Crippen LogP contribution in [-0.4, -0.2) is 15.5 Å². The fourth-order valence-electron chi connectivity index (χ4n) is 1.85. The molecule has 1 amide bonds. The zero-order valence-corrected chi connectivity index (χ0v) is 10.8. The van der Waals surface area contributed by atoms with Gasteiger partial charge >= 0.3 is 0 Å². The molecule has 1 aromatic carbocycles. The van der Waals surface area contributed by atoms with Gasteiger partial charge in [0.05, 0.1) is 5.25 Å². The minimum atomic E-state index is -0.212. The second kappa shape index (κ2) is 4.18. The number of hydrogen-bond donors (Lipinski definition) is 1. The maximum absolute atomic E-state index is 11.8. The molecule has 0 aliphatic carbocycles. The molecule has 1 aliphatic heterocycles. The third-order valence-electron chi connectivity index (χ3n) is 2.86. The van der Waals surface area contributed by atoms with Gasteiger partial charge in [0.25, 0.3) is 0 Å². The van der Waals surface area contributed by atoms with Gasteiger partial charge in [-0.2, -0.15) is 0 Å². The van der Waals surface area contributed by atoms with Crippen LogP contribution < -0.4 is 5.32 Å². The molecule has 1 saturated heterocycles. The molecular weight excluding hydrogens is 238 g/mol. The zero-order chi connectivity index (χ0) is 11.8. The minimum Gasteiger partial charge on any atom is -0.311 e. The van der Waals surface area contributed by atoms with Crippen molar-refractivity contribution in [3.8, 4) is 0 Å². The Morgan fingerprint density at radius 1 is 1.31 bits per heavy atom. The van der Waals surface area contributed by atoms with Crippen molar-refractivity contribution in [1.29, 1.82) is 0 Å². The summed E-state index contributed by atoms with van der Waals surface area (Å²) in [4.78, 5) is 11.8. The van der Waals surface area contributed by atoms with Crippen LogP contribution in [0, 0.1) is 0 Å². The van der Waals surface area contributed by atoms with E-state index in [1.807, 2.05) is 18.2 Å². The number of carbonyl (C=O) groups excluding carboxylic acids is 1. The Bertz CT molecular complexity index is 428. The lowest BCUT2D eigenvalue weighted by Crippen LogP contribution is -2.38. The summed E-state index contributed by atoms with van der Waals surface area (Å²) in [5.41, 5.74) is 0.948. The van der Waals surface area contributed by atoms with E-state index < -0.39 is 0 Å². The number of benzene rings is 1. The van der Waals surface area contributed by atoms with E-state index in [-0.39, 0.29) is 16.6 Å². The standard InChI is InChI=1S/C12H13NOS2/c1-12(2,8-6-4-3-5-7-8)9-10(14)13-11(15)16-9/h3-7,9H,1-2H3,(H,13,14,15). The highest BCUT2D eigenvalue weighted by Crippen LogP contribution is 2.37. The van der Waals surface area contributed by atoms with Gasteiger partial charge in [0.15, 0.2) is 0 Å². The Labute approximate surface area is 105 Å². The molecule has 1 aromatic rings. The van der Waals surface area contributed by atoms with Gasteiger partial charge in [-0.25, -0.2) is 0 Å². The second-order valence-corrected chi connectivity index (χ2v) is 6.14. The van der Waals surface area contributed by atoms with Crippen LogP contribution in [0.1, 0.15) is 19.4 Å². The summed E-state index contributed by atoms with van der Waals surface area (Å²) in [5, 5.41) is 2.56. The van der Waals surface area contributed by atoms with Crippen LogP contribution in [0.25, 0.3) is 0 Å². The summed E-state index contributed by atoms with van der Waals surface area (Å²) in [6, 6.07) is 10.1. The smallest absolute Gasteiger partial charge is 0.239 e. The molecule has 1 N–H and O–H groups in total. The van der Waals surface area contributed by atoms with Crippen LogP contribution in [0.5, 0.6) is 0 Å². The Kier molecular flexibility index (Phi) is 3.04. The summed E-state index contributed by atoms with van der Waals surface area (Å²) >= 11 is 6.47. The van der Waals surface area contributed by atoms with Gasteiger partial charge in [-0.15, -0.1) is 0 Å². The molecule has 84 valence electrons. The molecule has 1 fully saturated rings. The van der Waals surface area contributed by atoms with Crippen LogP contribution in [0.4, 0.5) is 0 Å². The van der Waals surface area contributed by atoms with Gasteiger partial charge in [-0.05, 0) is 5.56 Å². The van der Waals surface area contributed by atoms with Gasteiger partial charge in [0.2, 0.25) is 5.91 Å². The van der Waals surface area contributed by atoms with E-state index in [1.165, 1.54) is 11.8 Å². The van der Waals surface area contributed by atoms with Crippen molar-refractivity contribution in [2.45, 2.75) is 24.5 Å². The summed E-state index contributed by atoms with van der Waals surface area (Å²) in [6.07, 6.45) is 0. The predicted molar refractivity (Wildman–Crippen MR) is 71.6 cm³/mol. The fraction of sp³-hybridized carbons (Fsp3) is 0.333. The summed E-state index contributed by atoms with van der Waals surface area (Å²) in [5.74, 6) is 0.0175. The first-order valence-corrected chi connectivity index (χ1v) is 6.37. The molecule has 0 radical (unpaired) electrons. The van der Waals surface area contributed by atoms with Crippen molar-refractivity contribution in [3.05, 3.63) is 35.9 Å². The van der Waals surface area contributed by atoms with Gasteiger partial charge in [-0.1, -0.05) is 68.2 Å². The molecule has 0 spiro atoms. The molecule has 16 heavy (non-hydrogen) atoms. The van der Waals surface area contributed by atoms with Gasteiger partial charge in [-0.3, -0.25) is 4.79 Å². The summed E-state index contributed by atoms with van der Waals surface area (Å²) in [6.45, 7) is 4.15. The highest BCUT2D eigenvalue weighted by Gasteiger charge is 2.42. The number of rotatable bonds is 2. The highest BCUT2D eigenvalue weighted by atomic mass is 32.2. The van der Waals surface area contributed by atoms with Gasteiger partial charge < -0.3 is 5.32 Å². The third kappa shape index (κ3) is 1.99. The van der Waals surface area contributed by atoms with Gasteiger partial charge in [0, 0.05) is 5.41 Å². The van der Waals surface area contributed by atoms with Crippen LogP contribution >= 0.6 is 24.0 Å². The number of thioether (sulfide) groups is 1. The lowest BCUT2D eigenvalue weighted by Gasteiger charge is -2.29. The Balaban J connectivity index is 2.32. The van der Waals surface area contributed by atoms with E-state index in [9.17, 15) is 4.79 Å². The molecule has 1 unspecified atom stereocenters. The largest absolute Gasteiger partial charge is 0.311 e. The molecule has 0 bridgehead atoms. The maximum atomic E-state index is 11.8. The van der Waals surface area contributed by atoms with Crippen LogP contribution in [0.2, 0.25) is 0 Å². The minimum absolute atomic E-state index is 0.0175. The zero-order valence-electron chi connectivity index (χ0n) is 9.19. The maximum Gasteiger partial charge on any atom is 0.239 e. The van der Waals surface area contributed by atoms with E-state index in [0.717, 1.165) is 5.56 Å². The van der Waals surface area contributed by atoms with Crippen LogP contribution in [-0.2, 0) is 10.2 Å². The molecule has 4 heteroatoms. The Morgan fingerprint density at radius 3 is 2.44 bits per heavy atom. The number of nitrogens with one attached hydrogen (secondary N) is 1. The first-order chi connectivity index (χ1) is 7.51. The summed E-state index contributed by atoms with van der Waals surface area (Å²) in [7, 11) is 0. The second-order valence-electron chi connectivity index (χ2n) is 4.36. The molecular formula is C12H13NOS2. The average Bonchev–Trinajstić information content (AvgIpc) is 2.60. The van der Waals surface area contributed by atoms with Crippen molar-refractivity contribution in [2.24, 2.45) is 0 Å². The number of hydrogen-bond acceptors (Lipinski definition) is 3. The van der Waals surface area contributed by atoms with E-state index in [0.29, 0.717) is 4.32 Å². The molecule has 2 nitrogen and oxygen atoms in total. The van der Waals surface area contributed by atoms with E-state index in [4.69, 9.17) is 12.2 Å². The topological polar surface area (TPSA) is 29.1 Å². The molecule has 1 atom stereocenters. The SMILES string of the molecule is CC(C)(c1ccccc1)C1SC(=S)NC1=O. The first kappa shape index (κ1) is 11.6. The van der Waals surface area contributed by atoms with Crippen molar-refractivity contribution in [1.82, 2.24) is 5.32 Å². The van der Waals surface area contributed by atoms with Crippen molar-refractivity contribution in [2.75, 3.05) is 0 Å². The molecule has 0 saturated carbocycles. The Hall–Kier alpha value is -0.870. The lowest BCUT2D eigenvalue weighted by molar-refractivity contribution is -0.119.